The van der Waals surface area contributed by atoms with Crippen molar-refractivity contribution in [2.75, 3.05) is 19.8 Å². The molecule has 0 radical (unpaired) electrons. The van der Waals surface area contributed by atoms with Gasteiger partial charge in [0.05, 0.1) is 52.5 Å². The van der Waals surface area contributed by atoms with E-state index in [0.29, 0.717) is 10.4 Å². The minimum absolute atomic E-state index is 0.0449. The number of carbonyl (C=O) groups excluding carboxylic acids is 2. The molecule has 0 aliphatic carbocycles. The minimum Gasteiger partial charge on any atom is -0.506 e. The standard InChI is InChI=1S/C29H28N4O11/c34-8-10(36)7-30-33-27(42)18-16-11-3-1-5-13(37)20(11)31-21(16)23-17(19(18)28(33)43)12-4-2-6-14(38)22(12)32(23)29-26(41)25(40)24(39)15(9-35)44-29/h1-6,10,15,24-26,29-31,34-41H,7-9H2/t10?,15-,24-,25+,26-,29-/m1/s1. The van der Waals surface area contributed by atoms with Crippen molar-refractivity contribution in [3.05, 3.63) is 47.5 Å². The van der Waals surface area contributed by atoms with Gasteiger partial charge in [0.25, 0.3) is 11.8 Å². The Balaban J connectivity index is 1.64. The van der Waals surface area contributed by atoms with Crippen LogP contribution in [0.3, 0.4) is 0 Å². The maximum atomic E-state index is 14.0. The van der Waals surface area contributed by atoms with E-state index in [1.807, 2.05) is 0 Å². The average Bonchev–Trinajstić information content (AvgIpc) is 3.64. The summed E-state index contributed by atoms with van der Waals surface area (Å²) in [5.74, 6) is -2.07. The molecular formula is C29H28N4O11. The highest BCUT2D eigenvalue weighted by Gasteiger charge is 2.47. The Bertz CT molecular complexity index is 2000. The number of imide groups is 1. The Kier molecular flexibility index (Phi) is 6.54. The van der Waals surface area contributed by atoms with Crippen LogP contribution in [-0.2, 0) is 4.74 Å². The number of aromatic amines is 1. The fourth-order valence-electron chi connectivity index (χ4n) is 6.43. The number of carbonyl (C=O) groups is 2. The van der Waals surface area contributed by atoms with Gasteiger partial charge >= 0.3 is 0 Å². The zero-order chi connectivity index (χ0) is 31.2. The number of benzene rings is 3. The van der Waals surface area contributed by atoms with Gasteiger partial charge in [-0.15, -0.1) is 0 Å². The summed E-state index contributed by atoms with van der Waals surface area (Å²) in [6.07, 6.45) is -9.36. The molecule has 1 saturated heterocycles. The summed E-state index contributed by atoms with van der Waals surface area (Å²) in [4.78, 5) is 31.1. The SMILES string of the molecule is O=C1c2c(c3c4cccc(O)c4n([C@@H]4O[C@H](CO)[C@@H](O)[C@H](O)[C@H]4O)c3c3[nH]c4c(O)cccc4c23)C(=O)N1NCC(O)CO. The quantitative estimate of drug-likeness (QED) is 0.107. The first-order chi connectivity index (χ1) is 21.1. The summed E-state index contributed by atoms with van der Waals surface area (Å²) in [6.45, 7) is -1.68. The molecule has 7 rings (SSSR count). The van der Waals surface area contributed by atoms with Crippen LogP contribution in [0, 0.1) is 0 Å². The number of hydrogen-bond donors (Lipinski definition) is 10. The Morgan fingerprint density at radius 1 is 0.841 bits per heavy atom. The molecule has 2 aliphatic rings. The van der Waals surface area contributed by atoms with Crippen LogP contribution >= 0.6 is 0 Å². The number of H-pyrrole nitrogens is 1. The van der Waals surface area contributed by atoms with E-state index in [-0.39, 0.29) is 67.4 Å². The maximum absolute atomic E-state index is 14.0. The topological polar surface area (TPSA) is 241 Å². The number of aliphatic hydroxyl groups excluding tert-OH is 6. The Morgan fingerprint density at radius 2 is 1.50 bits per heavy atom. The number of fused-ring (bicyclic) bond motifs is 10. The molecule has 44 heavy (non-hydrogen) atoms. The van der Waals surface area contributed by atoms with E-state index in [2.05, 4.69) is 10.4 Å². The molecule has 230 valence electrons. The molecule has 4 heterocycles. The van der Waals surface area contributed by atoms with Gasteiger partial charge in [0.1, 0.15) is 35.9 Å². The van der Waals surface area contributed by atoms with E-state index in [9.17, 15) is 50.4 Å². The molecule has 15 heteroatoms. The number of phenols is 2. The van der Waals surface area contributed by atoms with Crippen molar-refractivity contribution in [1.29, 1.82) is 0 Å². The molecular weight excluding hydrogens is 580 g/mol. The van der Waals surface area contributed by atoms with Crippen LogP contribution in [0.2, 0.25) is 0 Å². The van der Waals surface area contributed by atoms with Crippen molar-refractivity contribution < 1.29 is 55.2 Å². The first-order valence-electron chi connectivity index (χ1n) is 13.8. The van der Waals surface area contributed by atoms with Crippen molar-refractivity contribution in [2.45, 2.75) is 36.7 Å². The van der Waals surface area contributed by atoms with Crippen LogP contribution in [0.15, 0.2) is 36.4 Å². The first-order valence-corrected chi connectivity index (χ1v) is 13.8. The highest BCUT2D eigenvalue weighted by atomic mass is 16.6. The van der Waals surface area contributed by atoms with Crippen LogP contribution in [0.4, 0.5) is 0 Å². The summed E-state index contributed by atoms with van der Waals surface area (Å²) >= 11 is 0. The van der Waals surface area contributed by atoms with Crippen LogP contribution < -0.4 is 5.43 Å². The number of hydrazine groups is 1. The molecule has 2 amide bonds. The van der Waals surface area contributed by atoms with E-state index in [0.717, 1.165) is 0 Å². The molecule has 0 bridgehead atoms. The minimum atomic E-state index is -1.79. The van der Waals surface area contributed by atoms with Gasteiger partial charge in [-0.05, 0) is 12.1 Å². The molecule has 15 nitrogen and oxygen atoms in total. The van der Waals surface area contributed by atoms with Gasteiger partial charge in [-0.3, -0.25) is 9.59 Å². The van der Waals surface area contributed by atoms with E-state index in [4.69, 9.17) is 4.74 Å². The number of aromatic nitrogens is 2. The highest BCUT2D eigenvalue weighted by Crippen LogP contribution is 2.49. The van der Waals surface area contributed by atoms with Gasteiger partial charge in [0.2, 0.25) is 0 Å². The van der Waals surface area contributed by atoms with E-state index in [1.54, 1.807) is 18.2 Å². The van der Waals surface area contributed by atoms with Gasteiger partial charge < -0.3 is 55.1 Å². The van der Waals surface area contributed by atoms with Crippen molar-refractivity contribution >= 4 is 55.4 Å². The number of amides is 2. The Hall–Kier alpha value is -4.32. The average molecular weight is 609 g/mol. The summed E-state index contributed by atoms with van der Waals surface area (Å²) < 4.78 is 7.25. The van der Waals surface area contributed by atoms with Crippen molar-refractivity contribution in [3.8, 4) is 11.5 Å². The van der Waals surface area contributed by atoms with Gasteiger partial charge in [0.15, 0.2) is 6.23 Å². The molecule has 0 saturated carbocycles. The number of nitrogens with zero attached hydrogens (tertiary/aromatic N) is 2. The van der Waals surface area contributed by atoms with Crippen molar-refractivity contribution in [2.24, 2.45) is 0 Å². The molecule has 0 spiro atoms. The number of phenolic OH excluding ortho intramolecular Hbond substituents is 2. The summed E-state index contributed by atoms with van der Waals surface area (Å²) in [6, 6.07) is 9.04. The lowest BCUT2D eigenvalue weighted by atomic mass is 9.96. The molecule has 1 unspecified atom stereocenters. The number of aromatic hydroxyl groups is 2. The lowest BCUT2D eigenvalue weighted by Gasteiger charge is -2.41. The summed E-state index contributed by atoms with van der Waals surface area (Å²) in [5, 5.41) is 85.0. The smallest absolute Gasteiger partial charge is 0.276 e. The number of ether oxygens (including phenoxy) is 1. The fourth-order valence-corrected chi connectivity index (χ4v) is 6.43. The molecule has 10 N–H and O–H groups in total. The highest BCUT2D eigenvalue weighted by molar-refractivity contribution is 6.39. The molecule has 6 atom stereocenters. The summed E-state index contributed by atoms with van der Waals surface area (Å²) in [7, 11) is 0. The third-order valence-corrected chi connectivity index (χ3v) is 8.45. The fraction of sp³-hybridized carbons (Fsp3) is 0.310. The van der Waals surface area contributed by atoms with Gasteiger partial charge in [-0.1, -0.05) is 24.3 Å². The number of hydrogen-bond acceptors (Lipinski definition) is 12. The molecule has 2 aromatic heterocycles. The molecule has 1 fully saturated rings. The van der Waals surface area contributed by atoms with E-state index >= 15 is 0 Å². The second-order valence-electron chi connectivity index (χ2n) is 11.0. The largest absolute Gasteiger partial charge is 0.506 e. The third kappa shape index (κ3) is 3.72. The molecule has 3 aromatic carbocycles. The Labute approximate surface area is 246 Å². The monoisotopic (exact) mass is 608 g/mol. The Morgan fingerprint density at radius 3 is 2.18 bits per heavy atom. The second-order valence-corrected chi connectivity index (χ2v) is 11.0. The van der Waals surface area contributed by atoms with Crippen molar-refractivity contribution in [3.63, 3.8) is 0 Å². The van der Waals surface area contributed by atoms with E-state index in [1.165, 1.54) is 22.8 Å². The summed E-state index contributed by atoms with van der Waals surface area (Å²) in [5.41, 5.74) is 3.06. The van der Waals surface area contributed by atoms with Gasteiger partial charge in [-0.2, -0.15) is 0 Å². The maximum Gasteiger partial charge on any atom is 0.276 e. The molecule has 5 aromatic rings. The van der Waals surface area contributed by atoms with Crippen LogP contribution in [-0.4, -0.2) is 118 Å². The zero-order valence-corrected chi connectivity index (χ0v) is 22.7. The number of nitrogens with one attached hydrogen (secondary N) is 2. The third-order valence-electron chi connectivity index (χ3n) is 8.45. The lowest BCUT2D eigenvalue weighted by Crippen LogP contribution is -2.56. The second kappa shape index (κ2) is 10.1. The number of para-hydroxylation sites is 2. The molecule has 2 aliphatic heterocycles. The first kappa shape index (κ1) is 28.5. The van der Waals surface area contributed by atoms with Crippen molar-refractivity contribution in [1.82, 2.24) is 20.0 Å². The van der Waals surface area contributed by atoms with E-state index < -0.39 is 61.8 Å². The van der Waals surface area contributed by atoms with Crippen LogP contribution in [0.25, 0.3) is 43.6 Å². The predicted octanol–water partition coefficient (Wildman–Crippen LogP) is -0.734. The zero-order valence-electron chi connectivity index (χ0n) is 22.7. The predicted molar refractivity (Wildman–Crippen MR) is 153 cm³/mol. The number of aliphatic hydroxyl groups is 6. The normalized spacial score (nSPS) is 24.8. The lowest BCUT2D eigenvalue weighted by molar-refractivity contribution is -0.249. The van der Waals surface area contributed by atoms with Gasteiger partial charge in [-0.25, -0.2) is 10.4 Å². The van der Waals surface area contributed by atoms with Crippen LogP contribution in [0.5, 0.6) is 11.5 Å². The van der Waals surface area contributed by atoms with Gasteiger partial charge in [0, 0.05) is 28.1 Å². The van der Waals surface area contributed by atoms with Crippen LogP contribution in [0.1, 0.15) is 26.9 Å². The number of rotatable bonds is 6.